The fourth-order valence-corrected chi connectivity index (χ4v) is 3.25. The number of halogens is 2. The van der Waals surface area contributed by atoms with E-state index in [1.165, 1.54) is 0 Å². The number of benzene rings is 1. The minimum absolute atomic E-state index is 0.0377. The van der Waals surface area contributed by atoms with Gasteiger partial charge < -0.3 is 16.4 Å². The summed E-state index contributed by atoms with van der Waals surface area (Å²) in [7, 11) is 0. The van der Waals surface area contributed by atoms with E-state index in [1.54, 1.807) is 17.0 Å². The van der Waals surface area contributed by atoms with E-state index in [0.29, 0.717) is 15.7 Å². The van der Waals surface area contributed by atoms with Crippen LogP contribution in [-0.2, 0) is 11.3 Å². The van der Waals surface area contributed by atoms with E-state index in [9.17, 15) is 9.18 Å². The van der Waals surface area contributed by atoms with Gasteiger partial charge in [-0.1, -0.05) is 18.9 Å². The van der Waals surface area contributed by atoms with Gasteiger partial charge in [-0.3, -0.25) is 4.79 Å². The summed E-state index contributed by atoms with van der Waals surface area (Å²) >= 11 is 3.24. The number of carbonyl (C=O) groups is 1. The molecule has 1 aromatic carbocycles. The van der Waals surface area contributed by atoms with Crippen molar-refractivity contribution in [2.24, 2.45) is 11.5 Å². The summed E-state index contributed by atoms with van der Waals surface area (Å²) in [5.41, 5.74) is 12.0. The van der Waals surface area contributed by atoms with Crippen LogP contribution in [0.25, 0.3) is 0 Å². The highest BCUT2D eigenvalue weighted by atomic mass is 79.9. The first-order valence-electron chi connectivity index (χ1n) is 6.76. The Kier molecular flexibility index (Phi) is 4.99. The highest BCUT2D eigenvalue weighted by Crippen LogP contribution is 2.34. The Morgan fingerprint density at radius 1 is 1.40 bits per heavy atom. The van der Waals surface area contributed by atoms with Crippen molar-refractivity contribution in [1.29, 1.82) is 0 Å². The van der Waals surface area contributed by atoms with Crippen molar-refractivity contribution < 1.29 is 9.18 Å². The van der Waals surface area contributed by atoms with Crippen molar-refractivity contribution in [2.75, 3.05) is 11.4 Å². The number of primary amides is 1. The minimum atomic E-state index is -0.449. The molecule has 0 bridgehead atoms. The normalized spacial score (nSPS) is 15.6. The highest BCUT2D eigenvalue weighted by molar-refractivity contribution is 9.10. The van der Waals surface area contributed by atoms with Crippen LogP contribution < -0.4 is 16.4 Å². The van der Waals surface area contributed by atoms with Gasteiger partial charge in [-0.25, -0.2) is 4.39 Å². The lowest BCUT2D eigenvalue weighted by molar-refractivity contribution is -0.116. The van der Waals surface area contributed by atoms with Crippen LogP contribution in [0.2, 0.25) is 0 Å². The molecule has 2 rings (SSSR count). The first kappa shape index (κ1) is 15.3. The number of anilines is 1. The van der Waals surface area contributed by atoms with Crippen molar-refractivity contribution in [3.05, 3.63) is 28.0 Å². The number of carbonyl (C=O) groups excluding carboxylic acids is 1. The summed E-state index contributed by atoms with van der Waals surface area (Å²) in [5, 5.41) is 0. The first-order valence-corrected chi connectivity index (χ1v) is 7.55. The summed E-state index contributed by atoms with van der Waals surface area (Å²) < 4.78 is 14.9. The summed E-state index contributed by atoms with van der Waals surface area (Å²) in [4.78, 5) is 13.1. The Hall–Kier alpha value is -1.14. The van der Waals surface area contributed by atoms with Gasteiger partial charge in [0.25, 0.3) is 0 Å². The van der Waals surface area contributed by atoms with E-state index in [0.717, 1.165) is 25.7 Å². The molecule has 1 aliphatic carbocycles. The molecule has 1 aliphatic rings. The van der Waals surface area contributed by atoms with Gasteiger partial charge in [-0.2, -0.15) is 0 Å². The third-order valence-electron chi connectivity index (χ3n) is 3.76. The van der Waals surface area contributed by atoms with E-state index in [-0.39, 0.29) is 24.9 Å². The summed E-state index contributed by atoms with van der Waals surface area (Å²) in [5.74, 6) is -0.823. The van der Waals surface area contributed by atoms with Crippen LogP contribution in [0.4, 0.5) is 10.1 Å². The second-order valence-electron chi connectivity index (χ2n) is 5.11. The predicted octanol–water partition coefficient (Wildman–Crippen LogP) is 2.28. The number of nitrogens with zero attached hydrogens (tertiary/aromatic N) is 1. The second-order valence-corrected chi connectivity index (χ2v) is 5.90. The molecule has 110 valence electrons. The number of rotatable bonds is 5. The van der Waals surface area contributed by atoms with Gasteiger partial charge in [0, 0.05) is 12.6 Å². The van der Waals surface area contributed by atoms with Crippen molar-refractivity contribution in [1.82, 2.24) is 0 Å². The first-order chi connectivity index (χ1) is 9.54. The Bertz CT molecular complexity index is 503. The van der Waals surface area contributed by atoms with Crippen LogP contribution in [0.1, 0.15) is 31.2 Å². The molecular weight excluding hydrogens is 325 g/mol. The molecule has 0 atom stereocenters. The smallest absolute Gasteiger partial charge is 0.236 e. The molecule has 0 heterocycles. The lowest BCUT2D eigenvalue weighted by atomic mass is 10.1. The summed E-state index contributed by atoms with van der Waals surface area (Å²) in [6.07, 6.45) is 4.12. The number of nitrogens with two attached hydrogens (primary N) is 2. The maximum absolute atomic E-state index is 14.5. The van der Waals surface area contributed by atoms with Crippen LogP contribution in [0.15, 0.2) is 16.6 Å². The van der Waals surface area contributed by atoms with Crippen molar-refractivity contribution in [3.8, 4) is 0 Å². The summed E-state index contributed by atoms with van der Waals surface area (Å²) in [6.45, 7) is 0.299. The van der Waals surface area contributed by atoms with Gasteiger partial charge in [0.2, 0.25) is 5.91 Å². The lowest BCUT2D eigenvalue weighted by Gasteiger charge is -2.30. The highest BCUT2D eigenvalue weighted by Gasteiger charge is 2.27. The van der Waals surface area contributed by atoms with Crippen molar-refractivity contribution in [3.63, 3.8) is 0 Å². The van der Waals surface area contributed by atoms with Gasteiger partial charge in [0.1, 0.15) is 0 Å². The molecular formula is C14H19BrFN3O. The molecule has 4 nitrogen and oxygen atoms in total. The quantitative estimate of drug-likeness (QED) is 0.861. The molecule has 0 saturated heterocycles. The van der Waals surface area contributed by atoms with E-state index in [1.807, 2.05) is 0 Å². The molecule has 4 N–H and O–H groups in total. The minimum Gasteiger partial charge on any atom is -0.368 e. The molecule has 0 aromatic heterocycles. The van der Waals surface area contributed by atoms with Gasteiger partial charge >= 0.3 is 0 Å². The standard InChI is InChI=1S/C14H19BrFN3O/c15-13-9(7-17)5-6-11(14(13)16)19(8-12(18)20)10-3-1-2-4-10/h5-6,10H,1-4,7-8,17H2,(H2,18,20). The number of hydrogen-bond donors (Lipinski definition) is 2. The van der Waals surface area contributed by atoms with Crippen LogP contribution in [-0.4, -0.2) is 18.5 Å². The van der Waals surface area contributed by atoms with E-state index in [4.69, 9.17) is 11.5 Å². The van der Waals surface area contributed by atoms with Crippen molar-refractivity contribution >= 4 is 27.5 Å². The maximum atomic E-state index is 14.5. The lowest BCUT2D eigenvalue weighted by Crippen LogP contribution is -2.40. The molecule has 0 spiro atoms. The largest absolute Gasteiger partial charge is 0.368 e. The van der Waals surface area contributed by atoms with Crippen LogP contribution in [0.5, 0.6) is 0 Å². The van der Waals surface area contributed by atoms with Gasteiger partial charge in [-0.15, -0.1) is 0 Å². The maximum Gasteiger partial charge on any atom is 0.236 e. The third kappa shape index (κ3) is 3.12. The average Bonchev–Trinajstić information content (AvgIpc) is 2.93. The van der Waals surface area contributed by atoms with Gasteiger partial charge in [0.05, 0.1) is 16.7 Å². The Morgan fingerprint density at radius 3 is 2.60 bits per heavy atom. The Morgan fingerprint density at radius 2 is 2.05 bits per heavy atom. The number of amides is 1. The molecule has 1 saturated carbocycles. The molecule has 1 amide bonds. The predicted molar refractivity (Wildman–Crippen MR) is 80.8 cm³/mol. The monoisotopic (exact) mass is 343 g/mol. The van der Waals surface area contributed by atoms with E-state index in [2.05, 4.69) is 15.9 Å². The van der Waals surface area contributed by atoms with Crippen LogP contribution in [0.3, 0.4) is 0 Å². The molecule has 20 heavy (non-hydrogen) atoms. The number of hydrogen-bond acceptors (Lipinski definition) is 3. The molecule has 1 fully saturated rings. The van der Waals surface area contributed by atoms with E-state index >= 15 is 0 Å². The summed E-state index contributed by atoms with van der Waals surface area (Å²) in [6, 6.07) is 3.64. The average molecular weight is 344 g/mol. The SMILES string of the molecule is NCc1ccc(N(CC(N)=O)C2CCCC2)c(F)c1Br. The fourth-order valence-electron chi connectivity index (χ4n) is 2.75. The molecule has 0 radical (unpaired) electrons. The zero-order valence-corrected chi connectivity index (χ0v) is 12.8. The molecule has 6 heteroatoms. The second kappa shape index (κ2) is 6.54. The Balaban J connectivity index is 2.37. The molecule has 0 aliphatic heterocycles. The fraction of sp³-hybridized carbons (Fsp3) is 0.500. The molecule has 0 unspecified atom stereocenters. The molecule has 1 aromatic rings. The van der Waals surface area contributed by atoms with Crippen molar-refractivity contribution in [2.45, 2.75) is 38.3 Å². The topological polar surface area (TPSA) is 72.3 Å². The zero-order valence-electron chi connectivity index (χ0n) is 11.2. The third-order valence-corrected chi connectivity index (χ3v) is 4.62. The van der Waals surface area contributed by atoms with Gasteiger partial charge in [0.15, 0.2) is 5.82 Å². The van der Waals surface area contributed by atoms with Crippen LogP contribution >= 0.6 is 15.9 Å². The zero-order chi connectivity index (χ0) is 14.7. The van der Waals surface area contributed by atoms with E-state index < -0.39 is 5.91 Å². The van der Waals surface area contributed by atoms with Gasteiger partial charge in [-0.05, 0) is 40.4 Å². The Labute approximate surface area is 126 Å². The van der Waals surface area contributed by atoms with Crippen LogP contribution in [0, 0.1) is 5.82 Å².